The van der Waals surface area contributed by atoms with E-state index in [9.17, 15) is 9.59 Å². The van der Waals surface area contributed by atoms with Crippen LogP contribution < -0.4 is 10.9 Å². The highest BCUT2D eigenvalue weighted by Gasteiger charge is 2.17. The van der Waals surface area contributed by atoms with Gasteiger partial charge in [-0.25, -0.2) is 0 Å². The first-order chi connectivity index (χ1) is 11.1. The second-order valence-electron chi connectivity index (χ2n) is 5.53. The lowest BCUT2D eigenvalue weighted by atomic mass is 10.2. The standard InChI is InChI=1S/C14H19N5O3S/c1-8-9(2)19-13(16-12(8)21)17-18-14(19)23-7-11(20)15-6-10-4-3-5-22-10/h10H,3-7H2,1-2H3,(H,15,20)(H,16,17,21)/t10-/m1/s1. The second kappa shape index (κ2) is 6.71. The molecule has 1 aliphatic rings. The van der Waals surface area contributed by atoms with Crippen molar-refractivity contribution in [2.45, 2.75) is 37.9 Å². The summed E-state index contributed by atoms with van der Waals surface area (Å²) in [6, 6.07) is 0. The molecule has 1 amide bonds. The van der Waals surface area contributed by atoms with Gasteiger partial charge in [-0.15, -0.1) is 10.2 Å². The van der Waals surface area contributed by atoms with Crippen molar-refractivity contribution in [3.8, 4) is 0 Å². The Morgan fingerprint density at radius 3 is 3.04 bits per heavy atom. The van der Waals surface area contributed by atoms with Crippen LogP contribution in [0.1, 0.15) is 24.1 Å². The van der Waals surface area contributed by atoms with Gasteiger partial charge in [-0.1, -0.05) is 11.8 Å². The molecular formula is C14H19N5O3S. The van der Waals surface area contributed by atoms with Gasteiger partial charge in [0.1, 0.15) is 0 Å². The number of aromatic nitrogens is 4. The fourth-order valence-corrected chi connectivity index (χ4v) is 3.30. The average molecular weight is 337 g/mol. The molecule has 0 saturated carbocycles. The Bertz CT molecular complexity index is 779. The minimum absolute atomic E-state index is 0.0685. The van der Waals surface area contributed by atoms with Crippen molar-refractivity contribution in [1.29, 1.82) is 0 Å². The number of ether oxygens (including phenoxy) is 1. The Labute approximate surface area is 137 Å². The number of carbonyl (C=O) groups excluding carboxylic acids is 1. The van der Waals surface area contributed by atoms with Crippen LogP contribution in [0.3, 0.4) is 0 Å². The van der Waals surface area contributed by atoms with Crippen molar-refractivity contribution in [1.82, 2.24) is 24.9 Å². The quantitative estimate of drug-likeness (QED) is 0.767. The number of rotatable bonds is 5. The van der Waals surface area contributed by atoms with Gasteiger partial charge in [-0.05, 0) is 26.7 Å². The third kappa shape index (κ3) is 3.40. The molecule has 1 fully saturated rings. The monoisotopic (exact) mass is 337 g/mol. The van der Waals surface area contributed by atoms with Crippen molar-refractivity contribution in [2.24, 2.45) is 0 Å². The molecular weight excluding hydrogens is 318 g/mol. The first-order valence-electron chi connectivity index (χ1n) is 7.52. The van der Waals surface area contributed by atoms with Gasteiger partial charge in [0.15, 0.2) is 5.16 Å². The van der Waals surface area contributed by atoms with Crippen molar-refractivity contribution in [2.75, 3.05) is 18.9 Å². The molecule has 1 atom stereocenters. The fraction of sp³-hybridized carbons (Fsp3) is 0.571. The van der Waals surface area contributed by atoms with Gasteiger partial charge in [0.05, 0.1) is 11.9 Å². The number of carbonyl (C=O) groups is 1. The summed E-state index contributed by atoms with van der Waals surface area (Å²) in [7, 11) is 0. The highest BCUT2D eigenvalue weighted by Crippen LogP contribution is 2.18. The van der Waals surface area contributed by atoms with Crippen LogP contribution in [0, 0.1) is 13.8 Å². The summed E-state index contributed by atoms with van der Waals surface area (Å²) >= 11 is 1.29. The van der Waals surface area contributed by atoms with Crippen molar-refractivity contribution in [3.63, 3.8) is 0 Å². The number of aryl methyl sites for hydroxylation is 1. The van der Waals surface area contributed by atoms with Gasteiger partial charge in [0.25, 0.3) is 5.56 Å². The van der Waals surface area contributed by atoms with Crippen LogP contribution in [0.25, 0.3) is 5.78 Å². The van der Waals surface area contributed by atoms with Crippen molar-refractivity contribution in [3.05, 3.63) is 21.6 Å². The van der Waals surface area contributed by atoms with Crippen molar-refractivity contribution < 1.29 is 9.53 Å². The molecule has 23 heavy (non-hydrogen) atoms. The van der Waals surface area contributed by atoms with E-state index in [-0.39, 0.29) is 23.3 Å². The van der Waals surface area contributed by atoms with E-state index in [1.54, 1.807) is 11.3 Å². The number of nitrogens with one attached hydrogen (secondary N) is 2. The Kier molecular flexibility index (Phi) is 4.67. The molecule has 0 aliphatic carbocycles. The molecule has 1 saturated heterocycles. The Morgan fingerprint density at radius 1 is 1.48 bits per heavy atom. The maximum atomic E-state index is 11.9. The molecule has 9 heteroatoms. The molecule has 0 unspecified atom stereocenters. The summed E-state index contributed by atoms with van der Waals surface area (Å²) in [5.74, 6) is 0.562. The van der Waals surface area contributed by atoms with E-state index >= 15 is 0 Å². The van der Waals surface area contributed by atoms with E-state index in [1.165, 1.54) is 11.8 Å². The molecule has 2 N–H and O–H groups in total. The lowest BCUT2D eigenvalue weighted by Crippen LogP contribution is -2.32. The van der Waals surface area contributed by atoms with Gasteiger partial charge < -0.3 is 10.1 Å². The molecule has 0 radical (unpaired) electrons. The van der Waals surface area contributed by atoms with Gasteiger partial charge >= 0.3 is 0 Å². The van der Waals surface area contributed by atoms with E-state index < -0.39 is 0 Å². The first kappa shape index (κ1) is 16.0. The first-order valence-corrected chi connectivity index (χ1v) is 8.50. The third-order valence-corrected chi connectivity index (χ3v) is 4.89. The van der Waals surface area contributed by atoms with Gasteiger partial charge in [-0.3, -0.25) is 19.0 Å². The van der Waals surface area contributed by atoms with Crippen LogP contribution in [0.4, 0.5) is 0 Å². The van der Waals surface area contributed by atoms with E-state index in [0.29, 0.717) is 23.0 Å². The molecule has 0 spiro atoms. The van der Waals surface area contributed by atoms with Crippen LogP contribution in [0.2, 0.25) is 0 Å². The Morgan fingerprint density at radius 2 is 2.30 bits per heavy atom. The molecule has 124 valence electrons. The zero-order valence-electron chi connectivity index (χ0n) is 13.1. The summed E-state index contributed by atoms with van der Waals surface area (Å²) < 4.78 is 7.23. The van der Waals surface area contributed by atoms with Crippen LogP contribution in [0.5, 0.6) is 0 Å². The lowest BCUT2D eigenvalue weighted by Gasteiger charge is -2.10. The predicted octanol–water partition coefficient (Wildman–Crippen LogP) is 0.422. The number of thioether (sulfide) groups is 1. The van der Waals surface area contributed by atoms with E-state index in [1.807, 2.05) is 6.92 Å². The minimum Gasteiger partial charge on any atom is -0.376 e. The Balaban J connectivity index is 1.64. The highest BCUT2D eigenvalue weighted by atomic mass is 32.2. The third-order valence-electron chi connectivity index (χ3n) is 3.96. The summed E-state index contributed by atoms with van der Waals surface area (Å²) in [6.45, 7) is 4.90. The largest absolute Gasteiger partial charge is 0.376 e. The maximum absolute atomic E-state index is 11.9. The van der Waals surface area contributed by atoms with Gasteiger partial charge in [0, 0.05) is 24.4 Å². The number of hydrogen-bond donors (Lipinski definition) is 2. The lowest BCUT2D eigenvalue weighted by molar-refractivity contribution is -0.119. The number of aromatic amines is 1. The zero-order valence-corrected chi connectivity index (χ0v) is 13.9. The molecule has 8 nitrogen and oxygen atoms in total. The van der Waals surface area contributed by atoms with Gasteiger partial charge in [-0.2, -0.15) is 0 Å². The molecule has 3 rings (SSSR count). The van der Waals surface area contributed by atoms with Crippen molar-refractivity contribution >= 4 is 23.4 Å². The van der Waals surface area contributed by atoms with Crippen LogP contribution in [0.15, 0.2) is 9.95 Å². The van der Waals surface area contributed by atoms with E-state index in [2.05, 4.69) is 20.5 Å². The fourth-order valence-electron chi connectivity index (χ4n) is 2.49. The number of H-pyrrole nitrogens is 1. The predicted molar refractivity (Wildman–Crippen MR) is 85.8 cm³/mol. The average Bonchev–Trinajstić information content (AvgIpc) is 3.18. The number of amides is 1. The summed E-state index contributed by atoms with van der Waals surface area (Å²) in [5, 5.41) is 11.5. The smallest absolute Gasteiger partial charge is 0.255 e. The molecule has 0 aromatic carbocycles. The number of fused-ring (bicyclic) bond motifs is 1. The SMILES string of the molecule is Cc1c(C)n2c(SCC(=O)NC[C@H]3CCCO3)nnc2[nH]c1=O. The molecule has 0 bridgehead atoms. The maximum Gasteiger partial charge on any atom is 0.255 e. The highest BCUT2D eigenvalue weighted by molar-refractivity contribution is 7.99. The zero-order chi connectivity index (χ0) is 16.4. The number of nitrogens with zero attached hydrogens (tertiary/aromatic N) is 3. The van der Waals surface area contributed by atoms with Crippen LogP contribution in [-0.2, 0) is 9.53 Å². The molecule has 1 aliphatic heterocycles. The number of hydrogen-bond acceptors (Lipinski definition) is 6. The summed E-state index contributed by atoms with van der Waals surface area (Å²) in [6.07, 6.45) is 2.18. The molecule has 2 aromatic rings. The summed E-state index contributed by atoms with van der Waals surface area (Å²) in [4.78, 5) is 26.3. The normalized spacial score (nSPS) is 17.7. The second-order valence-corrected chi connectivity index (χ2v) is 6.48. The van der Waals surface area contributed by atoms with Gasteiger partial charge in [0.2, 0.25) is 11.7 Å². The van der Waals surface area contributed by atoms with Crippen LogP contribution in [-0.4, -0.2) is 50.5 Å². The van der Waals surface area contributed by atoms with Crippen LogP contribution >= 0.6 is 11.8 Å². The topological polar surface area (TPSA) is 101 Å². The Hall–Kier alpha value is -1.87. The van der Waals surface area contributed by atoms with E-state index in [4.69, 9.17) is 4.74 Å². The summed E-state index contributed by atoms with van der Waals surface area (Å²) in [5.41, 5.74) is 1.21. The minimum atomic E-state index is -0.173. The van der Waals surface area contributed by atoms with E-state index in [0.717, 1.165) is 25.1 Å². The molecule has 3 heterocycles. The molecule has 2 aromatic heterocycles.